The number of carbonyl (C=O) groups excluding carboxylic acids is 1. The molecule has 2 rings (SSSR count). The molecular weight excluding hydrogens is 216 g/mol. The van der Waals surface area contributed by atoms with E-state index in [4.69, 9.17) is 9.47 Å². The van der Waals surface area contributed by atoms with Crippen molar-refractivity contribution in [2.24, 2.45) is 0 Å². The van der Waals surface area contributed by atoms with Gasteiger partial charge in [0.05, 0.1) is 19.8 Å². The second-order valence-electron chi connectivity index (χ2n) is 4.54. The molecule has 0 N–H and O–H groups in total. The van der Waals surface area contributed by atoms with E-state index in [-0.39, 0.29) is 5.78 Å². The van der Waals surface area contributed by atoms with Gasteiger partial charge in [-0.3, -0.25) is 4.79 Å². The summed E-state index contributed by atoms with van der Waals surface area (Å²) in [6, 6.07) is 7.82. The van der Waals surface area contributed by atoms with Gasteiger partial charge in [-0.05, 0) is 24.6 Å². The van der Waals surface area contributed by atoms with Crippen LogP contribution in [0.2, 0.25) is 0 Å². The number of rotatable bonds is 3. The molecule has 0 radical (unpaired) electrons. The van der Waals surface area contributed by atoms with E-state index >= 15 is 0 Å². The lowest BCUT2D eigenvalue weighted by molar-refractivity contribution is -0.121. The smallest absolute Gasteiger partial charge is 0.162 e. The molecule has 0 aliphatic carbocycles. The molecule has 0 bridgehead atoms. The van der Waals surface area contributed by atoms with E-state index in [1.54, 1.807) is 7.11 Å². The van der Waals surface area contributed by atoms with E-state index < -0.39 is 5.60 Å². The van der Waals surface area contributed by atoms with Crippen molar-refractivity contribution in [2.75, 3.05) is 7.11 Å². The maximum Gasteiger partial charge on any atom is 0.162 e. The van der Waals surface area contributed by atoms with Gasteiger partial charge < -0.3 is 9.47 Å². The van der Waals surface area contributed by atoms with Crippen molar-refractivity contribution in [1.29, 1.82) is 0 Å². The largest absolute Gasteiger partial charge is 0.497 e. The fourth-order valence-corrected chi connectivity index (χ4v) is 2.02. The quantitative estimate of drug-likeness (QED) is 0.803. The lowest BCUT2D eigenvalue weighted by Crippen LogP contribution is -2.34. The van der Waals surface area contributed by atoms with Gasteiger partial charge in [-0.1, -0.05) is 12.1 Å². The Hall–Kier alpha value is -1.77. The third kappa shape index (κ3) is 2.87. The van der Waals surface area contributed by atoms with Crippen LogP contribution in [-0.2, 0) is 16.0 Å². The van der Waals surface area contributed by atoms with E-state index in [2.05, 4.69) is 0 Å². The summed E-state index contributed by atoms with van der Waals surface area (Å²) in [6.07, 6.45) is 4.12. The number of carbonyl (C=O) groups is 1. The lowest BCUT2D eigenvalue weighted by Gasteiger charge is -2.30. The van der Waals surface area contributed by atoms with E-state index in [1.165, 1.54) is 12.3 Å². The Morgan fingerprint density at radius 1 is 1.35 bits per heavy atom. The highest BCUT2D eigenvalue weighted by Gasteiger charge is 2.30. The average Bonchev–Trinajstić information content (AvgIpc) is 2.29. The third-order valence-electron chi connectivity index (χ3n) is 2.89. The molecule has 1 heterocycles. The number of methoxy groups -OCH3 is 1. The van der Waals surface area contributed by atoms with Crippen LogP contribution in [0.25, 0.3) is 0 Å². The first-order valence-electron chi connectivity index (χ1n) is 5.61. The summed E-state index contributed by atoms with van der Waals surface area (Å²) in [5.74, 6) is 0.951. The summed E-state index contributed by atoms with van der Waals surface area (Å²) in [5.41, 5.74) is 0.705. The zero-order chi connectivity index (χ0) is 12.3. The molecule has 90 valence electrons. The van der Waals surface area contributed by atoms with Crippen LogP contribution in [0, 0.1) is 0 Å². The van der Waals surface area contributed by atoms with E-state index in [0.29, 0.717) is 12.8 Å². The number of hydrogen-bond donors (Lipinski definition) is 0. The molecule has 0 saturated heterocycles. The molecule has 3 heteroatoms. The van der Waals surface area contributed by atoms with Gasteiger partial charge >= 0.3 is 0 Å². The third-order valence-corrected chi connectivity index (χ3v) is 2.89. The van der Waals surface area contributed by atoms with Crippen molar-refractivity contribution in [1.82, 2.24) is 0 Å². The fourth-order valence-electron chi connectivity index (χ4n) is 2.02. The second-order valence-corrected chi connectivity index (χ2v) is 4.54. The van der Waals surface area contributed by atoms with Crippen LogP contribution in [-0.4, -0.2) is 18.5 Å². The van der Waals surface area contributed by atoms with Gasteiger partial charge in [-0.25, -0.2) is 0 Å². The normalized spacial score (nSPS) is 23.3. The van der Waals surface area contributed by atoms with Crippen LogP contribution < -0.4 is 4.74 Å². The predicted octanol–water partition coefficient (Wildman–Crippen LogP) is 2.50. The standard InChI is InChI=1S/C14H16O3/c1-14(10-12(15)7-8-17-14)9-11-3-5-13(16-2)6-4-11/h3-8H,9-10H2,1-2H3. The summed E-state index contributed by atoms with van der Waals surface area (Å²) < 4.78 is 10.7. The van der Waals surface area contributed by atoms with Crippen molar-refractivity contribution in [3.63, 3.8) is 0 Å². The fraction of sp³-hybridized carbons (Fsp3) is 0.357. The van der Waals surface area contributed by atoms with Crippen LogP contribution >= 0.6 is 0 Å². The molecule has 1 aromatic rings. The monoisotopic (exact) mass is 232 g/mol. The molecule has 1 unspecified atom stereocenters. The number of hydrogen-bond acceptors (Lipinski definition) is 3. The Morgan fingerprint density at radius 3 is 2.65 bits per heavy atom. The SMILES string of the molecule is COc1ccc(CC2(C)CC(=O)C=CO2)cc1. The molecule has 1 aliphatic heterocycles. The maximum absolute atomic E-state index is 11.4. The van der Waals surface area contributed by atoms with Crippen LogP contribution in [0.1, 0.15) is 18.9 Å². The van der Waals surface area contributed by atoms with Crippen molar-refractivity contribution >= 4 is 5.78 Å². The highest BCUT2D eigenvalue weighted by atomic mass is 16.5. The highest BCUT2D eigenvalue weighted by Crippen LogP contribution is 2.26. The van der Waals surface area contributed by atoms with Crippen LogP contribution in [0.3, 0.4) is 0 Å². The van der Waals surface area contributed by atoms with Gasteiger partial charge in [-0.15, -0.1) is 0 Å². The predicted molar refractivity (Wildman–Crippen MR) is 65.0 cm³/mol. The van der Waals surface area contributed by atoms with Gasteiger partial charge in [0.1, 0.15) is 11.4 Å². The Morgan fingerprint density at radius 2 is 2.06 bits per heavy atom. The molecule has 0 amide bonds. The van der Waals surface area contributed by atoms with Crippen LogP contribution in [0.4, 0.5) is 0 Å². The summed E-state index contributed by atoms with van der Waals surface area (Å²) in [7, 11) is 1.64. The minimum atomic E-state index is -0.430. The zero-order valence-electron chi connectivity index (χ0n) is 10.1. The van der Waals surface area contributed by atoms with Gasteiger partial charge in [-0.2, -0.15) is 0 Å². The minimum Gasteiger partial charge on any atom is -0.497 e. The maximum atomic E-state index is 11.4. The van der Waals surface area contributed by atoms with Crippen LogP contribution in [0.5, 0.6) is 5.75 Å². The molecule has 0 spiro atoms. The Balaban J connectivity index is 2.09. The molecule has 17 heavy (non-hydrogen) atoms. The molecule has 0 saturated carbocycles. The highest BCUT2D eigenvalue weighted by molar-refractivity contribution is 5.90. The molecule has 0 fully saturated rings. The van der Waals surface area contributed by atoms with Gasteiger partial charge in [0, 0.05) is 12.5 Å². The zero-order valence-corrected chi connectivity index (χ0v) is 10.1. The Kier molecular flexibility index (Phi) is 3.18. The summed E-state index contributed by atoms with van der Waals surface area (Å²) >= 11 is 0. The van der Waals surface area contributed by atoms with Gasteiger partial charge in [0.2, 0.25) is 0 Å². The molecule has 1 aliphatic rings. The first-order chi connectivity index (χ1) is 8.11. The van der Waals surface area contributed by atoms with E-state index in [1.807, 2.05) is 31.2 Å². The van der Waals surface area contributed by atoms with Crippen LogP contribution in [0.15, 0.2) is 36.6 Å². The molecule has 1 aromatic carbocycles. The lowest BCUT2D eigenvalue weighted by atomic mass is 9.90. The summed E-state index contributed by atoms with van der Waals surface area (Å²) in [5, 5.41) is 0. The second kappa shape index (κ2) is 4.62. The van der Waals surface area contributed by atoms with E-state index in [0.717, 1.165) is 11.3 Å². The first-order valence-corrected chi connectivity index (χ1v) is 5.61. The summed E-state index contributed by atoms with van der Waals surface area (Å²) in [6.45, 7) is 1.96. The molecular formula is C14H16O3. The minimum absolute atomic E-state index is 0.118. The number of benzene rings is 1. The van der Waals surface area contributed by atoms with Gasteiger partial charge in [0.25, 0.3) is 0 Å². The topological polar surface area (TPSA) is 35.5 Å². The average molecular weight is 232 g/mol. The van der Waals surface area contributed by atoms with Crippen molar-refractivity contribution in [2.45, 2.75) is 25.4 Å². The Labute approximate surface area is 101 Å². The first kappa shape index (κ1) is 11.7. The Bertz CT molecular complexity index is 433. The van der Waals surface area contributed by atoms with Crippen molar-refractivity contribution in [3.8, 4) is 5.75 Å². The van der Waals surface area contributed by atoms with E-state index in [9.17, 15) is 4.79 Å². The molecule has 0 aromatic heterocycles. The van der Waals surface area contributed by atoms with Crippen molar-refractivity contribution < 1.29 is 14.3 Å². The number of ether oxygens (including phenoxy) is 2. The molecule has 3 nitrogen and oxygen atoms in total. The number of allylic oxidation sites excluding steroid dienone is 1. The van der Waals surface area contributed by atoms with Crippen molar-refractivity contribution in [3.05, 3.63) is 42.2 Å². The number of ketones is 1. The summed E-state index contributed by atoms with van der Waals surface area (Å²) in [4.78, 5) is 11.4. The molecule has 1 atom stereocenters. The van der Waals surface area contributed by atoms with Gasteiger partial charge in [0.15, 0.2) is 5.78 Å².